The molecule has 2 rings (SSSR count). The van der Waals surface area contributed by atoms with E-state index in [0.29, 0.717) is 6.61 Å². The summed E-state index contributed by atoms with van der Waals surface area (Å²) in [6, 6.07) is 6.24. The Morgan fingerprint density at radius 1 is 1.30 bits per heavy atom. The molecule has 20 heavy (non-hydrogen) atoms. The number of aryl methyl sites for hydroxylation is 3. The number of hydrogen-bond donors (Lipinski definition) is 0. The summed E-state index contributed by atoms with van der Waals surface area (Å²) in [4.78, 5) is 0. The van der Waals surface area contributed by atoms with E-state index >= 15 is 0 Å². The highest BCUT2D eigenvalue weighted by molar-refractivity contribution is 9.10. The van der Waals surface area contributed by atoms with Gasteiger partial charge in [0.2, 0.25) is 0 Å². The van der Waals surface area contributed by atoms with Crippen LogP contribution in [0.15, 0.2) is 22.7 Å². The Morgan fingerprint density at radius 3 is 2.70 bits per heavy atom. The molecule has 0 radical (unpaired) electrons. The van der Waals surface area contributed by atoms with Gasteiger partial charge in [-0.1, -0.05) is 33.6 Å². The van der Waals surface area contributed by atoms with Crippen LogP contribution in [0.4, 0.5) is 0 Å². The normalized spacial score (nSPS) is 10.8. The highest BCUT2D eigenvalue weighted by atomic mass is 79.9. The van der Waals surface area contributed by atoms with Gasteiger partial charge in [-0.15, -0.1) is 0 Å². The fraction of sp³-hybridized carbons (Fsp3) is 0.400. The summed E-state index contributed by atoms with van der Waals surface area (Å²) in [5, 5.41) is 5.27. The van der Waals surface area contributed by atoms with Crippen LogP contribution in [0.1, 0.15) is 29.4 Å². The highest BCUT2D eigenvalue weighted by Crippen LogP contribution is 2.26. The standard InChI is InChI=1S/C15H18Br2N2O/c1-4-19-13(15(17)11(3)18-19)9-20-14-6-5-10(2)7-12(14)8-16/h5-7H,4,8-9H2,1-3H3. The van der Waals surface area contributed by atoms with Gasteiger partial charge in [-0.05, 0) is 42.8 Å². The highest BCUT2D eigenvalue weighted by Gasteiger charge is 2.13. The maximum Gasteiger partial charge on any atom is 0.131 e. The van der Waals surface area contributed by atoms with Crippen LogP contribution in [-0.4, -0.2) is 9.78 Å². The van der Waals surface area contributed by atoms with Crippen LogP contribution in [0.2, 0.25) is 0 Å². The van der Waals surface area contributed by atoms with Gasteiger partial charge in [-0.25, -0.2) is 0 Å². The van der Waals surface area contributed by atoms with E-state index in [1.807, 2.05) is 17.7 Å². The molecule has 5 heteroatoms. The average molecular weight is 402 g/mol. The minimum Gasteiger partial charge on any atom is -0.487 e. The molecule has 0 aliphatic heterocycles. The van der Waals surface area contributed by atoms with Crippen molar-refractivity contribution in [3.8, 4) is 5.75 Å². The van der Waals surface area contributed by atoms with Gasteiger partial charge in [-0.3, -0.25) is 4.68 Å². The topological polar surface area (TPSA) is 27.1 Å². The fourth-order valence-electron chi connectivity index (χ4n) is 2.11. The molecule has 0 amide bonds. The Bertz CT molecular complexity index is 608. The number of rotatable bonds is 5. The van der Waals surface area contributed by atoms with Crippen molar-refractivity contribution in [2.45, 2.75) is 39.3 Å². The summed E-state index contributed by atoms with van der Waals surface area (Å²) in [6.07, 6.45) is 0. The van der Waals surface area contributed by atoms with Crippen molar-refractivity contribution < 1.29 is 4.74 Å². The van der Waals surface area contributed by atoms with Gasteiger partial charge in [-0.2, -0.15) is 5.10 Å². The molecule has 0 bridgehead atoms. The Balaban J connectivity index is 2.21. The van der Waals surface area contributed by atoms with Crippen molar-refractivity contribution in [1.29, 1.82) is 0 Å². The molecule has 0 fully saturated rings. The van der Waals surface area contributed by atoms with Crippen molar-refractivity contribution in [3.05, 3.63) is 45.2 Å². The molecule has 0 unspecified atom stereocenters. The van der Waals surface area contributed by atoms with Crippen LogP contribution in [0, 0.1) is 13.8 Å². The van der Waals surface area contributed by atoms with E-state index in [4.69, 9.17) is 4.74 Å². The lowest BCUT2D eigenvalue weighted by Gasteiger charge is -2.12. The molecular weight excluding hydrogens is 384 g/mol. The molecule has 1 aromatic heterocycles. The largest absolute Gasteiger partial charge is 0.487 e. The van der Waals surface area contributed by atoms with Gasteiger partial charge in [0.25, 0.3) is 0 Å². The first-order valence-corrected chi connectivity index (χ1v) is 8.48. The van der Waals surface area contributed by atoms with Gasteiger partial charge < -0.3 is 4.74 Å². The monoisotopic (exact) mass is 400 g/mol. The smallest absolute Gasteiger partial charge is 0.131 e. The number of aromatic nitrogens is 2. The van der Waals surface area contributed by atoms with Gasteiger partial charge in [0.05, 0.1) is 15.9 Å². The minimum atomic E-state index is 0.512. The molecule has 3 nitrogen and oxygen atoms in total. The third-order valence-electron chi connectivity index (χ3n) is 3.18. The zero-order valence-corrected chi connectivity index (χ0v) is 15.1. The van der Waals surface area contributed by atoms with Gasteiger partial charge in [0.15, 0.2) is 0 Å². The lowest BCUT2D eigenvalue weighted by molar-refractivity contribution is 0.289. The van der Waals surface area contributed by atoms with Crippen molar-refractivity contribution >= 4 is 31.9 Å². The first kappa shape index (κ1) is 15.6. The molecule has 1 aromatic carbocycles. The van der Waals surface area contributed by atoms with Gasteiger partial charge in [0.1, 0.15) is 12.4 Å². The predicted octanol–water partition coefficient (Wildman–Crippen LogP) is 4.76. The minimum absolute atomic E-state index is 0.512. The number of halogens is 2. The number of hydrogen-bond acceptors (Lipinski definition) is 2. The first-order valence-electron chi connectivity index (χ1n) is 6.56. The molecule has 0 N–H and O–H groups in total. The van der Waals surface area contributed by atoms with Crippen molar-refractivity contribution in [2.75, 3.05) is 0 Å². The maximum atomic E-state index is 5.98. The quantitative estimate of drug-likeness (QED) is 0.675. The summed E-state index contributed by atoms with van der Waals surface area (Å²) < 4.78 is 8.99. The number of ether oxygens (including phenoxy) is 1. The SMILES string of the molecule is CCn1nc(C)c(Br)c1COc1ccc(C)cc1CBr. The summed E-state index contributed by atoms with van der Waals surface area (Å²) in [5.74, 6) is 0.917. The second-order valence-corrected chi connectivity index (χ2v) is 6.05. The van der Waals surface area contributed by atoms with E-state index in [-0.39, 0.29) is 0 Å². The Labute approximate surface area is 136 Å². The van der Waals surface area contributed by atoms with E-state index in [1.165, 1.54) is 11.1 Å². The third-order valence-corrected chi connectivity index (χ3v) is 4.81. The van der Waals surface area contributed by atoms with Gasteiger partial charge in [0, 0.05) is 17.4 Å². The van der Waals surface area contributed by atoms with Crippen LogP contribution in [-0.2, 0) is 18.5 Å². The summed E-state index contributed by atoms with van der Waals surface area (Å²) in [7, 11) is 0. The summed E-state index contributed by atoms with van der Waals surface area (Å²) >= 11 is 7.10. The van der Waals surface area contributed by atoms with Gasteiger partial charge >= 0.3 is 0 Å². The molecule has 108 valence electrons. The number of alkyl halides is 1. The average Bonchev–Trinajstić information content (AvgIpc) is 2.72. The Hall–Kier alpha value is -0.810. The van der Waals surface area contributed by atoms with Crippen molar-refractivity contribution in [2.24, 2.45) is 0 Å². The molecule has 0 saturated carbocycles. The summed E-state index contributed by atoms with van der Waals surface area (Å²) in [5.41, 5.74) is 4.48. The van der Waals surface area contributed by atoms with Crippen molar-refractivity contribution in [3.63, 3.8) is 0 Å². The van der Waals surface area contributed by atoms with Crippen LogP contribution < -0.4 is 4.74 Å². The lowest BCUT2D eigenvalue weighted by atomic mass is 10.1. The van der Waals surface area contributed by atoms with E-state index in [1.54, 1.807) is 0 Å². The second kappa shape index (κ2) is 6.76. The third kappa shape index (κ3) is 3.26. The molecule has 0 aliphatic carbocycles. The van der Waals surface area contributed by atoms with E-state index in [2.05, 4.69) is 62.9 Å². The van der Waals surface area contributed by atoms with Crippen LogP contribution in [0.5, 0.6) is 5.75 Å². The maximum absolute atomic E-state index is 5.98. The second-order valence-electron chi connectivity index (χ2n) is 4.70. The van der Waals surface area contributed by atoms with E-state index in [9.17, 15) is 0 Å². The summed E-state index contributed by atoms with van der Waals surface area (Å²) in [6.45, 7) is 7.51. The molecule has 0 atom stereocenters. The first-order chi connectivity index (χ1) is 9.56. The molecule has 1 heterocycles. The van der Waals surface area contributed by atoms with Crippen LogP contribution >= 0.6 is 31.9 Å². The Morgan fingerprint density at radius 2 is 2.05 bits per heavy atom. The van der Waals surface area contributed by atoms with E-state index < -0.39 is 0 Å². The lowest BCUT2D eigenvalue weighted by Crippen LogP contribution is -2.07. The molecular formula is C15H18Br2N2O. The van der Waals surface area contributed by atoms with Crippen molar-refractivity contribution in [1.82, 2.24) is 9.78 Å². The van der Waals surface area contributed by atoms with Crippen LogP contribution in [0.25, 0.3) is 0 Å². The zero-order valence-electron chi connectivity index (χ0n) is 11.9. The van der Waals surface area contributed by atoms with E-state index in [0.717, 1.165) is 33.5 Å². The fourth-order valence-corrected chi connectivity index (χ4v) is 2.94. The molecule has 0 spiro atoms. The molecule has 0 aliphatic rings. The molecule has 0 saturated heterocycles. The zero-order chi connectivity index (χ0) is 14.7. The number of nitrogens with zero attached hydrogens (tertiary/aromatic N) is 2. The van der Waals surface area contributed by atoms with Crippen LogP contribution in [0.3, 0.4) is 0 Å². The Kier molecular flexibility index (Phi) is 5.27. The molecule has 2 aromatic rings. The predicted molar refractivity (Wildman–Crippen MR) is 88.5 cm³/mol. The number of benzene rings is 1.